The van der Waals surface area contributed by atoms with Crippen LogP contribution in [0, 0.1) is 19.8 Å². The lowest BCUT2D eigenvalue weighted by molar-refractivity contribution is 0.0630. The summed E-state index contributed by atoms with van der Waals surface area (Å²) in [6.07, 6.45) is 1.75. The van der Waals surface area contributed by atoms with Gasteiger partial charge in [-0.2, -0.15) is 0 Å². The van der Waals surface area contributed by atoms with Crippen molar-refractivity contribution in [3.8, 4) is 5.75 Å². The second kappa shape index (κ2) is 8.37. The highest BCUT2D eigenvalue weighted by atomic mass is 16.5. The third-order valence-electron chi connectivity index (χ3n) is 3.92. The average Bonchev–Trinajstić information content (AvgIpc) is 2.47. The lowest BCUT2D eigenvalue weighted by atomic mass is 10.0. The van der Waals surface area contributed by atoms with E-state index in [-0.39, 0.29) is 0 Å². The third-order valence-corrected chi connectivity index (χ3v) is 3.92. The van der Waals surface area contributed by atoms with E-state index in [9.17, 15) is 5.11 Å². The van der Waals surface area contributed by atoms with Crippen molar-refractivity contribution in [3.63, 3.8) is 0 Å². The Morgan fingerprint density at radius 2 is 2.10 bits per heavy atom. The first kappa shape index (κ1) is 16.3. The lowest BCUT2D eigenvalue weighted by Gasteiger charge is -2.23. The SMILES string of the molecule is Cc1ccc(OCC(O)CNCC2CCOCC2)c(C)c1. The molecule has 1 atom stereocenters. The van der Waals surface area contributed by atoms with E-state index in [0.29, 0.717) is 19.1 Å². The topological polar surface area (TPSA) is 50.7 Å². The Morgan fingerprint density at radius 3 is 2.81 bits per heavy atom. The first-order valence-corrected chi connectivity index (χ1v) is 7.81. The van der Waals surface area contributed by atoms with Gasteiger partial charge in [0.2, 0.25) is 0 Å². The molecule has 1 aliphatic rings. The minimum absolute atomic E-state index is 0.324. The van der Waals surface area contributed by atoms with Gasteiger partial charge in [-0.05, 0) is 50.8 Å². The Morgan fingerprint density at radius 1 is 1.33 bits per heavy atom. The molecular weight excluding hydrogens is 266 g/mol. The number of ether oxygens (including phenoxy) is 2. The molecule has 1 aliphatic heterocycles. The first-order chi connectivity index (χ1) is 10.1. The minimum atomic E-state index is -0.481. The number of rotatable bonds is 7. The molecule has 1 saturated heterocycles. The van der Waals surface area contributed by atoms with E-state index in [1.165, 1.54) is 5.56 Å². The van der Waals surface area contributed by atoms with E-state index >= 15 is 0 Å². The first-order valence-electron chi connectivity index (χ1n) is 7.81. The highest BCUT2D eigenvalue weighted by Gasteiger charge is 2.14. The average molecular weight is 293 g/mol. The fourth-order valence-electron chi connectivity index (χ4n) is 2.61. The van der Waals surface area contributed by atoms with Gasteiger partial charge in [0.15, 0.2) is 0 Å². The fourth-order valence-corrected chi connectivity index (χ4v) is 2.61. The monoisotopic (exact) mass is 293 g/mol. The molecule has 0 saturated carbocycles. The Bertz CT molecular complexity index is 430. The maximum atomic E-state index is 9.97. The number of hydrogen-bond donors (Lipinski definition) is 2. The highest BCUT2D eigenvalue weighted by molar-refractivity contribution is 5.35. The van der Waals surface area contributed by atoms with E-state index < -0.39 is 6.10 Å². The van der Waals surface area contributed by atoms with E-state index in [2.05, 4.69) is 18.3 Å². The van der Waals surface area contributed by atoms with Gasteiger partial charge in [-0.25, -0.2) is 0 Å². The predicted molar refractivity (Wildman–Crippen MR) is 83.8 cm³/mol. The number of aliphatic hydroxyl groups excluding tert-OH is 1. The Hall–Kier alpha value is -1.10. The van der Waals surface area contributed by atoms with Crippen LogP contribution in [0.15, 0.2) is 18.2 Å². The summed E-state index contributed by atoms with van der Waals surface area (Å²) >= 11 is 0. The van der Waals surface area contributed by atoms with Gasteiger partial charge in [-0.3, -0.25) is 0 Å². The normalized spacial score (nSPS) is 17.7. The van der Waals surface area contributed by atoms with E-state index in [4.69, 9.17) is 9.47 Å². The molecule has 0 radical (unpaired) electrons. The molecule has 118 valence electrons. The van der Waals surface area contributed by atoms with Crippen LogP contribution in [0.4, 0.5) is 0 Å². The van der Waals surface area contributed by atoms with Crippen molar-refractivity contribution in [2.75, 3.05) is 32.9 Å². The Balaban J connectivity index is 1.63. The number of nitrogens with one attached hydrogen (secondary N) is 1. The minimum Gasteiger partial charge on any atom is -0.491 e. The number of aliphatic hydroxyl groups is 1. The second-order valence-corrected chi connectivity index (χ2v) is 5.95. The number of aryl methyl sites for hydroxylation is 2. The van der Waals surface area contributed by atoms with Crippen molar-refractivity contribution in [1.29, 1.82) is 0 Å². The molecule has 0 bridgehead atoms. The van der Waals surface area contributed by atoms with Crippen LogP contribution in [-0.4, -0.2) is 44.1 Å². The standard InChI is InChI=1S/C17H27NO3/c1-13-3-4-17(14(2)9-13)21-12-16(19)11-18-10-15-5-7-20-8-6-15/h3-4,9,15-16,18-19H,5-8,10-12H2,1-2H3. The van der Waals surface area contributed by atoms with Crippen molar-refractivity contribution in [2.45, 2.75) is 32.8 Å². The molecule has 21 heavy (non-hydrogen) atoms. The summed E-state index contributed by atoms with van der Waals surface area (Å²) in [7, 11) is 0. The Labute approximate surface area is 127 Å². The van der Waals surface area contributed by atoms with Crippen LogP contribution in [0.3, 0.4) is 0 Å². The summed E-state index contributed by atoms with van der Waals surface area (Å²) in [4.78, 5) is 0. The second-order valence-electron chi connectivity index (χ2n) is 5.95. The van der Waals surface area contributed by atoms with Crippen LogP contribution < -0.4 is 10.1 Å². The zero-order valence-electron chi connectivity index (χ0n) is 13.1. The molecule has 0 spiro atoms. The van der Waals surface area contributed by atoms with Gasteiger partial charge in [-0.1, -0.05) is 17.7 Å². The molecule has 4 heteroatoms. The highest BCUT2D eigenvalue weighted by Crippen LogP contribution is 2.18. The number of hydrogen-bond acceptors (Lipinski definition) is 4. The van der Waals surface area contributed by atoms with Crippen molar-refractivity contribution < 1.29 is 14.6 Å². The maximum absolute atomic E-state index is 9.97. The summed E-state index contributed by atoms with van der Waals surface area (Å²) in [6.45, 7) is 7.66. The van der Waals surface area contributed by atoms with Crippen LogP contribution in [0.5, 0.6) is 5.75 Å². The molecule has 1 unspecified atom stereocenters. The van der Waals surface area contributed by atoms with Crippen molar-refractivity contribution in [3.05, 3.63) is 29.3 Å². The van der Waals surface area contributed by atoms with Crippen LogP contribution in [-0.2, 0) is 4.74 Å². The largest absolute Gasteiger partial charge is 0.491 e. The van der Waals surface area contributed by atoms with E-state index in [1.54, 1.807) is 0 Å². The summed E-state index contributed by atoms with van der Waals surface area (Å²) in [6, 6.07) is 6.08. The van der Waals surface area contributed by atoms with Crippen molar-refractivity contribution in [1.82, 2.24) is 5.32 Å². The molecule has 1 aromatic carbocycles. The summed E-state index contributed by atoms with van der Waals surface area (Å²) in [5.41, 5.74) is 2.33. The third kappa shape index (κ3) is 5.65. The molecule has 1 fully saturated rings. The van der Waals surface area contributed by atoms with Gasteiger partial charge in [-0.15, -0.1) is 0 Å². The van der Waals surface area contributed by atoms with Gasteiger partial charge >= 0.3 is 0 Å². The zero-order valence-corrected chi connectivity index (χ0v) is 13.1. The maximum Gasteiger partial charge on any atom is 0.122 e. The quantitative estimate of drug-likeness (QED) is 0.808. The van der Waals surface area contributed by atoms with Gasteiger partial charge in [0, 0.05) is 19.8 Å². The number of benzene rings is 1. The van der Waals surface area contributed by atoms with Crippen LogP contribution in [0.2, 0.25) is 0 Å². The van der Waals surface area contributed by atoms with E-state index in [1.807, 2.05) is 19.1 Å². The molecular formula is C17H27NO3. The zero-order chi connectivity index (χ0) is 15.1. The van der Waals surface area contributed by atoms with Gasteiger partial charge in [0.25, 0.3) is 0 Å². The Kier molecular flexibility index (Phi) is 6.49. The van der Waals surface area contributed by atoms with Crippen LogP contribution in [0.1, 0.15) is 24.0 Å². The van der Waals surface area contributed by atoms with Gasteiger partial charge < -0.3 is 19.9 Å². The fraction of sp³-hybridized carbons (Fsp3) is 0.647. The summed E-state index contributed by atoms with van der Waals surface area (Å²) in [5.74, 6) is 1.52. The van der Waals surface area contributed by atoms with Crippen molar-refractivity contribution in [2.24, 2.45) is 5.92 Å². The lowest BCUT2D eigenvalue weighted by Crippen LogP contribution is -2.35. The molecule has 0 amide bonds. The van der Waals surface area contributed by atoms with Gasteiger partial charge in [0.05, 0.1) is 0 Å². The summed E-state index contributed by atoms with van der Waals surface area (Å²) in [5, 5.41) is 13.3. The summed E-state index contributed by atoms with van der Waals surface area (Å²) < 4.78 is 11.0. The predicted octanol–water partition coefficient (Wildman–Crippen LogP) is 2.06. The van der Waals surface area contributed by atoms with E-state index in [0.717, 1.165) is 43.9 Å². The molecule has 0 aliphatic carbocycles. The molecule has 1 aromatic rings. The van der Waals surface area contributed by atoms with Crippen LogP contribution in [0.25, 0.3) is 0 Å². The van der Waals surface area contributed by atoms with Gasteiger partial charge in [0.1, 0.15) is 18.5 Å². The smallest absolute Gasteiger partial charge is 0.122 e. The molecule has 1 heterocycles. The van der Waals surface area contributed by atoms with Crippen LogP contribution >= 0.6 is 0 Å². The van der Waals surface area contributed by atoms with Crippen molar-refractivity contribution >= 4 is 0 Å². The molecule has 2 N–H and O–H groups in total. The molecule has 4 nitrogen and oxygen atoms in total. The molecule has 0 aromatic heterocycles. The molecule has 2 rings (SSSR count).